The first kappa shape index (κ1) is 24.0. The summed E-state index contributed by atoms with van der Waals surface area (Å²) in [7, 11) is 1.61. The van der Waals surface area contributed by atoms with Gasteiger partial charge in [0.15, 0.2) is 5.65 Å². The van der Waals surface area contributed by atoms with Crippen LogP contribution >= 0.6 is 0 Å². The number of nitrogens with one attached hydrogen (secondary N) is 1. The molecule has 8 nitrogen and oxygen atoms in total. The van der Waals surface area contributed by atoms with Gasteiger partial charge >= 0.3 is 0 Å². The summed E-state index contributed by atoms with van der Waals surface area (Å²) in [5, 5.41) is 7.65. The average Bonchev–Trinajstić information content (AvgIpc) is 3.19. The van der Waals surface area contributed by atoms with Gasteiger partial charge in [0.25, 0.3) is 5.91 Å². The first-order valence-electron chi connectivity index (χ1n) is 12.1. The maximum atomic E-state index is 13.5. The van der Waals surface area contributed by atoms with Crippen molar-refractivity contribution in [3.8, 4) is 5.75 Å². The van der Waals surface area contributed by atoms with Gasteiger partial charge in [0, 0.05) is 6.04 Å². The zero-order chi connectivity index (χ0) is 25.8. The second-order valence-corrected chi connectivity index (χ2v) is 8.88. The third-order valence-corrected chi connectivity index (χ3v) is 6.20. The predicted octanol–water partition coefficient (Wildman–Crippen LogP) is 4.81. The van der Waals surface area contributed by atoms with Crippen LogP contribution in [0.2, 0.25) is 0 Å². The highest BCUT2D eigenvalue weighted by Crippen LogP contribution is 2.28. The second kappa shape index (κ2) is 10.5. The van der Waals surface area contributed by atoms with Gasteiger partial charge in [0.1, 0.15) is 22.6 Å². The van der Waals surface area contributed by atoms with Crippen molar-refractivity contribution in [1.29, 1.82) is 0 Å². The number of hydrogen-bond donors (Lipinski definition) is 2. The Kier molecular flexibility index (Phi) is 6.81. The lowest BCUT2D eigenvalue weighted by Crippen LogP contribution is -2.33. The number of aromatic nitrogens is 3. The highest BCUT2D eigenvalue weighted by atomic mass is 16.5. The molecule has 0 unspecified atom stereocenters. The van der Waals surface area contributed by atoms with Crippen LogP contribution in [0.5, 0.6) is 5.75 Å². The van der Waals surface area contributed by atoms with E-state index >= 15 is 0 Å². The van der Waals surface area contributed by atoms with Gasteiger partial charge in [0.05, 0.1) is 24.4 Å². The van der Waals surface area contributed by atoms with Crippen LogP contribution in [0.1, 0.15) is 34.8 Å². The normalized spacial score (nSPS) is 12.3. The summed E-state index contributed by atoms with van der Waals surface area (Å²) in [6.45, 7) is 1.98. The summed E-state index contributed by atoms with van der Waals surface area (Å²) < 4.78 is 6.77. The molecule has 0 radical (unpaired) electrons. The molecule has 37 heavy (non-hydrogen) atoms. The molecule has 0 fully saturated rings. The maximum Gasteiger partial charge on any atom is 0.257 e. The fraction of sp³-hybridized carbons (Fsp3) is 0.172. The molecule has 1 atom stereocenters. The van der Waals surface area contributed by atoms with E-state index < -0.39 is 0 Å². The highest BCUT2D eigenvalue weighted by Gasteiger charge is 2.25. The molecular weight excluding hydrogens is 464 g/mol. The van der Waals surface area contributed by atoms with E-state index in [1.54, 1.807) is 13.3 Å². The van der Waals surface area contributed by atoms with Crippen molar-refractivity contribution in [1.82, 2.24) is 20.0 Å². The van der Waals surface area contributed by atoms with Crippen molar-refractivity contribution >= 4 is 40.1 Å². The van der Waals surface area contributed by atoms with Gasteiger partial charge in [-0.15, -0.1) is 0 Å². The number of nitrogens with two attached hydrogens (primary N) is 1. The smallest absolute Gasteiger partial charge is 0.257 e. The molecule has 5 rings (SSSR count). The zero-order valence-corrected chi connectivity index (χ0v) is 20.8. The quantitative estimate of drug-likeness (QED) is 0.302. The number of benzene rings is 3. The summed E-state index contributed by atoms with van der Waals surface area (Å²) in [4.78, 5) is 23.0. The van der Waals surface area contributed by atoms with E-state index in [1.165, 1.54) is 10.2 Å². The molecule has 0 aliphatic rings. The van der Waals surface area contributed by atoms with Crippen molar-refractivity contribution in [3.63, 3.8) is 0 Å². The molecule has 0 bridgehead atoms. The van der Waals surface area contributed by atoms with E-state index in [0.717, 1.165) is 18.4 Å². The van der Waals surface area contributed by atoms with E-state index in [9.17, 15) is 4.79 Å². The van der Waals surface area contributed by atoms with E-state index in [-0.39, 0.29) is 23.3 Å². The Morgan fingerprint density at radius 3 is 2.54 bits per heavy atom. The highest BCUT2D eigenvalue weighted by molar-refractivity contribution is 6.10. The lowest BCUT2D eigenvalue weighted by atomic mass is 10.1. The molecule has 0 saturated carbocycles. The van der Waals surface area contributed by atoms with Crippen molar-refractivity contribution < 1.29 is 9.53 Å². The first-order chi connectivity index (χ1) is 18.0. The lowest BCUT2D eigenvalue weighted by Gasteiger charge is -2.14. The van der Waals surface area contributed by atoms with Crippen LogP contribution in [0.15, 0.2) is 84.0 Å². The van der Waals surface area contributed by atoms with Crippen molar-refractivity contribution in [3.05, 3.63) is 95.6 Å². The van der Waals surface area contributed by atoms with Crippen LogP contribution in [0.25, 0.3) is 22.2 Å². The van der Waals surface area contributed by atoms with E-state index in [2.05, 4.69) is 22.6 Å². The topological polar surface area (TPSA) is 107 Å². The Hall–Kier alpha value is -4.72. The molecule has 2 heterocycles. The fourth-order valence-electron chi connectivity index (χ4n) is 4.23. The summed E-state index contributed by atoms with van der Waals surface area (Å²) in [6, 6.07) is 25.1. The molecule has 5 aromatic rings. The third kappa shape index (κ3) is 5.13. The van der Waals surface area contributed by atoms with Crippen molar-refractivity contribution in [2.75, 3.05) is 12.8 Å². The van der Waals surface area contributed by atoms with Crippen LogP contribution in [-0.2, 0) is 6.42 Å². The monoisotopic (exact) mass is 492 g/mol. The SMILES string of the molecule is COc1cccc(/C=N\n2c(N)c(C(=O)N[C@H](C)CCc3ccccc3)c3nc4ccccc4nc32)c1. The van der Waals surface area contributed by atoms with Crippen LogP contribution in [0.4, 0.5) is 5.82 Å². The molecule has 3 N–H and O–H groups in total. The number of fused-ring (bicyclic) bond motifs is 2. The number of rotatable bonds is 8. The van der Waals surface area contributed by atoms with Gasteiger partial charge in [-0.05, 0) is 55.2 Å². The lowest BCUT2D eigenvalue weighted by molar-refractivity contribution is 0.0940. The minimum Gasteiger partial charge on any atom is -0.497 e. The standard InChI is InChI=1S/C29H28N6O2/c1-19(15-16-20-9-4-3-5-10-20)32-29(36)25-26-28(34-24-14-7-6-13-23(24)33-26)35(27(25)30)31-18-21-11-8-12-22(17-21)37-2/h3-14,17-19H,15-16,30H2,1-2H3,(H,32,36)/b31-18-/t19-/m1/s1. The largest absolute Gasteiger partial charge is 0.497 e. The summed E-state index contributed by atoms with van der Waals surface area (Å²) in [5.41, 5.74) is 11.0. The minimum atomic E-state index is -0.303. The number of methoxy groups -OCH3 is 1. The summed E-state index contributed by atoms with van der Waals surface area (Å²) in [5.74, 6) is 0.588. The van der Waals surface area contributed by atoms with Crippen LogP contribution in [0, 0.1) is 0 Å². The molecule has 8 heteroatoms. The number of nitrogen functional groups attached to an aromatic ring is 1. The molecule has 2 aromatic heterocycles. The number of hydrogen-bond acceptors (Lipinski definition) is 6. The predicted molar refractivity (Wildman–Crippen MR) is 147 cm³/mol. The maximum absolute atomic E-state index is 13.5. The van der Waals surface area contributed by atoms with Gasteiger partial charge in [0.2, 0.25) is 0 Å². The van der Waals surface area contributed by atoms with E-state index in [1.807, 2.05) is 73.7 Å². The second-order valence-electron chi connectivity index (χ2n) is 8.88. The van der Waals surface area contributed by atoms with E-state index in [4.69, 9.17) is 20.4 Å². The number of carbonyl (C=O) groups excluding carboxylic acids is 1. The van der Waals surface area contributed by atoms with Gasteiger partial charge in [-0.1, -0.05) is 54.6 Å². The van der Waals surface area contributed by atoms with Gasteiger partial charge in [-0.25, -0.2) is 9.97 Å². The average molecular weight is 493 g/mol. The fourth-order valence-corrected chi connectivity index (χ4v) is 4.23. The van der Waals surface area contributed by atoms with Crippen LogP contribution < -0.4 is 15.8 Å². The number of nitrogens with zero attached hydrogens (tertiary/aromatic N) is 4. The van der Waals surface area contributed by atoms with E-state index in [0.29, 0.717) is 27.9 Å². The zero-order valence-electron chi connectivity index (χ0n) is 20.8. The molecular formula is C29H28N6O2. The van der Waals surface area contributed by atoms with Crippen LogP contribution in [0.3, 0.4) is 0 Å². The molecule has 1 amide bonds. The third-order valence-electron chi connectivity index (χ3n) is 6.20. The van der Waals surface area contributed by atoms with Crippen molar-refractivity contribution in [2.24, 2.45) is 5.10 Å². The van der Waals surface area contributed by atoms with Crippen molar-refractivity contribution in [2.45, 2.75) is 25.8 Å². The van der Waals surface area contributed by atoms with Gasteiger partial charge in [-0.2, -0.15) is 9.78 Å². The summed E-state index contributed by atoms with van der Waals surface area (Å²) in [6.07, 6.45) is 3.30. The number of ether oxygens (including phenoxy) is 1. The Balaban J connectivity index is 1.50. The number of anilines is 1. The molecule has 3 aromatic carbocycles. The molecule has 0 aliphatic heterocycles. The number of carbonyl (C=O) groups is 1. The Labute approximate surface area is 214 Å². The molecule has 0 aliphatic carbocycles. The molecule has 0 spiro atoms. The van der Waals surface area contributed by atoms with Gasteiger partial charge in [-0.3, -0.25) is 4.79 Å². The number of aryl methyl sites for hydroxylation is 1. The minimum absolute atomic E-state index is 0.0702. The van der Waals surface area contributed by atoms with Crippen LogP contribution in [-0.4, -0.2) is 39.9 Å². The molecule has 0 saturated heterocycles. The Morgan fingerprint density at radius 1 is 1.05 bits per heavy atom. The number of amides is 1. The van der Waals surface area contributed by atoms with Gasteiger partial charge < -0.3 is 15.8 Å². The summed E-state index contributed by atoms with van der Waals surface area (Å²) >= 11 is 0. The molecule has 186 valence electrons. The first-order valence-corrected chi connectivity index (χ1v) is 12.1. The number of para-hydroxylation sites is 2. The Bertz CT molecular complexity index is 1590. The Morgan fingerprint density at radius 2 is 1.78 bits per heavy atom.